The molecule has 9 heteroatoms. The number of ketones is 1. The summed E-state index contributed by atoms with van der Waals surface area (Å²) in [6, 6.07) is 7.67. The molecule has 2 aromatic rings. The lowest BCUT2D eigenvalue weighted by Crippen LogP contribution is -2.42. The number of aromatic nitrogens is 1. The number of H-pyrrole nitrogens is 1. The zero-order valence-corrected chi connectivity index (χ0v) is 19.5. The Labute approximate surface area is 191 Å². The molecule has 1 atom stereocenters. The molecule has 172 valence electrons. The summed E-state index contributed by atoms with van der Waals surface area (Å²) in [5.74, 6) is -1.45. The minimum atomic E-state index is -0.883. The molecule has 0 saturated heterocycles. The first-order chi connectivity index (χ1) is 15.3. The van der Waals surface area contributed by atoms with E-state index >= 15 is 0 Å². The van der Waals surface area contributed by atoms with Crippen LogP contribution in [0.2, 0.25) is 0 Å². The van der Waals surface area contributed by atoms with Gasteiger partial charge in [0.2, 0.25) is 5.78 Å². The number of esters is 2. The first-order valence-corrected chi connectivity index (χ1v) is 11.6. The van der Waals surface area contributed by atoms with E-state index in [1.54, 1.807) is 51.1 Å². The van der Waals surface area contributed by atoms with Crippen molar-refractivity contribution in [2.75, 3.05) is 25.2 Å². The summed E-state index contributed by atoms with van der Waals surface area (Å²) >= 11 is 1.53. The summed E-state index contributed by atoms with van der Waals surface area (Å²) in [5.41, 5.74) is 1.85. The summed E-state index contributed by atoms with van der Waals surface area (Å²) in [5, 5.41) is 2.68. The van der Waals surface area contributed by atoms with Gasteiger partial charge in [-0.2, -0.15) is 11.8 Å². The Hall–Kier alpha value is -3.07. The molecule has 1 amide bonds. The van der Waals surface area contributed by atoms with Gasteiger partial charge in [-0.15, -0.1) is 0 Å². The van der Waals surface area contributed by atoms with Crippen molar-refractivity contribution < 1.29 is 28.7 Å². The zero-order valence-electron chi connectivity index (χ0n) is 18.7. The Morgan fingerprint density at radius 2 is 1.78 bits per heavy atom. The van der Waals surface area contributed by atoms with Crippen molar-refractivity contribution in [2.45, 2.75) is 33.2 Å². The van der Waals surface area contributed by atoms with Crippen LogP contribution in [0.3, 0.4) is 0 Å². The highest BCUT2D eigenvalue weighted by molar-refractivity contribution is 7.98. The highest BCUT2D eigenvalue weighted by atomic mass is 32.2. The summed E-state index contributed by atoms with van der Waals surface area (Å²) in [4.78, 5) is 52.7. The third-order valence-corrected chi connectivity index (χ3v) is 5.42. The molecule has 0 bridgehead atoms. The Kier molecular flexibility index (Phi) is 9.52. The van der Waals surface area contributed by atoms with Crippen LogP contribution in [-0.2, 0) is 14.3 Å². The maximum absolute atomic E-state index is 12.7. The number of hydrogen-bond acceptors (Lipinski definition) is 7. The van der Waals surface area contributed by atoms with Crippen LogP contribution in [0.25, 0.3) is 0 Å². The van der Waals surface area contributed by atoms with Crippen molar-refractivity contribution in [1.82, 2.24) is 10.3 Å². The molecule has 1 aromatic carbocycles. The monoisotopic (exact) mass is 460 g/mol. The molecule has 0 aliphatic heterocycles. The Morgan fingerprint density at radius 3 is 2.41 bits per heavy atom. The quantitative estimate of drug-likeness (QED) is 0.391. The molecular weight excluding hydrogens is 432 g/mol. The number of hydrogen-bond donors (Lipinski definition) is 2. The molecule has 0 aliphatic carbocycles. The molecule has 0 spiro atoms. The molecule has 0 aliphatic rings. The molecule has 2 rings (SSSR count). The van der Waals surface area contributed by atoms with E-state index in [1.807, 2.05) is 6.26 Å². The predicted octanol–water partition coefficient (Wildman–Crippen LogP) is 3.09. The number of aromatic amines is 1. The molecule has 32 heavy (non-hydrogen) atoms. The van der Waals surface area contributed by atoms with Crippen molar-refractivity contribution in [3.05, 3.63) is 58.4 Å². The summed E-state index contributed by atoms with van der Waals surface area (Å²) in [6.07, 6.45) is 2.26. The van der Waals surface area contributed by atoms with Crippen molar-refractivity contribution >= 4 is 35.4 Å². The fraction of sp³-hybridized carbons (Fsp3) is 0.391. The van der Waals surface area contributed by atoms with Crippen molar-refractivity contribution in [3.8, 4) is 0 Å². The fourth-order valence-electron chi connectivity index (χ4n) is 3.20. The highest BCUT2D eigenvalue weighted by Gasteiger charge is 2.26. The van der Waals surface area contributed by atoms with Crippen molar-refractivity contribution in [1.29, 1.82) is 0 Å². The van der Waals surface area contributed by atoms with Gasteiger partial charge in [-0.05, 0) is 56.9 Å². The number of benzene rings is 1. The Morgan fingerprint density at radius 1 is 1.09 bits per heavy atom. The predicted molar refractivity (Wildman–Crippen MR) is 122 cm³/mol. The molecule has 1 aromatic heterocycles. The standard InChI is InChI=1S/C23H28N2O6S/c1-5-30-23(29)20-14(2)19(15(3)24-20)18(26)13-31-22(28)17(11-12-32-4)25-21(27)16-9-7-6-8-10-16/h6-10,17,24H,5,11-13H2,1-4H3,(H,25,27). The first-order valence-electron chi connectivity index (χ1n) is 10.2. The minimum Gasteiger partial charge on any atom is -0.461 e. The van der Waals surface area contributed by atoms with E-state index in [0.717, 1.165) is 0 Å². The van der Waals surface area contributed by atoms with Gasteiger partial charge < -0.3 is 19.8 Å². The number of aryl methyl sites for hydroxylation is 1. The second kappa shape index (κ2) is 12.1. The lowest BCUT2D eigenvalue weighted by Gasteiger charge is -2.17. The van der Waals surface area contributed by atoms with Gasteiger partial charge in [-0.1, -0.05) is 18.2 Å². The van der Waals surface area contributed by atoms with Gasteiger partial charge in [0.15, 0.2) is 6.61 Å². The van der Waals surface area contributed by atoms with Crippen molar-refractivity contribution in [2.24, 2.45) is 0 Å². The number of ether oxygens (including phenoxy) is 2. The number of nitrogens with one attached hydrogen (secondary N) is 2. The normalized spacial score (nSPS) is 11.5. The number of Topliss-reactive ketones (excluding diaryl/α,β-unsaturated/α-hetero) is 1. The Balaban J connectivity index is 2.06. The lowest BCUT2D eigenvalue weighted by molar-refractivity contribution is -0.144. The highest BCUT2D eigenvalue weighted by Crippen LogP contribution is 2.20. The van der Waals surface area contributed by atoms with E-state index in [-0.39, 0.29) is 17.9 Å². The number of carbonyl (C=O) groups is 4. The van der Waals surface area contributed by atoms with Crippen LogP contribution in [0.4, 0.5) is 0 Å². The zero-order chi connectivity index (χ0) is 23.7. The van der Waals surface area contributed by atoms with Crippen LogP contribution in [0.1, 0.15) is 55.8 Å². The van der Waals surface area contributed by atoms with Crippen LogP contribution >= 0.6 is 11.8 Å². The van der Waals surface area contributed by atoms with Gasteiger partial charge >= 0.3 is 11.9 Å². The average Bonchev–Trinajstić information content (AvgIpc) is 3.09. The van der Waals surface area contributed by atoms with E-state index in [0.29, 0.717) is 29.0 Å². The average molecular weight is 461 g/mol. The minimum absolute atomic E-state index is 0.201. The van der Waals surface area contributed by atoms with Crippen LogP contribution in [-0.4, -0.2) is 59.9 Å². The number of rotatable bonds is 11. The fourth-order valence-corrected chi connectivity index (χ4v) is 3.67. The molecule has 8 nitrogen and oxygen atoms in total. The van der Waals surface area contributed by atoms with Crippen LogP contribution in [0.5, 0.6) is 0 Å². The smallest absolute Gasteiger partial charge is 0.355 e. The summed E-state index contributed by atoms with van der Waals surface area (Å²) in [6.45, 7) is 4.69. The molecular formula is C23H28N2O6S. The third kappa shape index (κ3) is 6.46. The summed E-state index contributed by atoms with van der Waals surface area (Å²) < 4.78 is 10.2. The van der Waals surface area contributed by atoms with Gasteiger partial charge in [0.25, 0.3) is 5.91 Å². The number of carbonyl (C=O) groups excluding carboxylic acids is 4. The van der Waals surface area contributed by atoms with E-state index < -0.39 is 36.3 Å². The molecule has 1 unspecified atom stereocenters. The lowest BCUT2D eigenvalue weighted by atomic mass is 10.1. The van der Waals surface area contributed by atoms with Gasteiger partial charge in [-0.3, -0.25) is 9.59 Å². The summed E-state index contributed by atoms with van der Waals surface area (Å²) in [7, 11) is 0. The van der Waals surface area contributed by atoms with Gasteiger partial charge in [0.1, 0.15) is 11.7 Å². The van der Waals surface area contributed by atoms with Crippen LogP contribution < -0.4 is 5.32 Å². The maximum Gasteiger partial charge on any atom is 0.355 e. The maximum atomic E-state index is 12.7. The van der Waals surface area contributed by atoms with Crippen LogP contribution in [0, 0.1) is 13.8 Å². The van der Waals surface area contributed by atoms with E-state index in [9.17, 15) is 19.2 Å². The van der Waals surface area contributed by atoms with Gasteiger partial charge in [0.05, 0.1) is 6.61 Å². The second-order valence-corrected chi connectivity index (χ2v) is 8.04. The van der Waals surface area contributed by atoms with E-state index in [1.165, 1.54) is 11.8 Å². The van der Waals surface area contributed by atoms with E-state index in [2.05, 4.69) is 10.3 Å². The van der Waals surface area contributed by atoms with Crippen LogP contribution in [0.15, 0.2) is 30.3 Å². The van der Waals surface area contributed by atoms with Gasteiger partial charge in [0, 0.05) is 16.8 Å². The van der Waals surface area contributed by atoms with Crippen molar-refractivity contribution in [3.63, 3.8) is 0 Å². The molecule has 2 N–H and O–H groups in total. The SMILES string of the molecule is CCOC(=O)c1[nH]c(C)c(C(=O)COC(=O)C(CCSC)NC(=O)c2ccccc2)c1C. The topological polar surface area (TPSA) is 115 Å². The molecule has 0 radical (unpaired) electrons. The molecule has 0 saturated carbocycles. The molecule has 1 heterocycles. The largest absolute Gasteiger partial charge is 0.461 e. The first kappa shape index (κ1) is 25.2. The third-order valence-electron chi connectivity index (χ3n) is 4.78. The molecule has 0 fully saturated rings. The Bertz CT molecular complexity index is 970. The second-order valence-electron chi connectivity index (χ2n) is 7.05. The van der Waals surface area contributed by atoms with Gasteiger partial charge in [-0.25, -0.2) is 9.59 Å². The number of thioether (sulfide) groups is 1. The van der Waals surface area contributed by atoms with E-state index in [4.69, 9.17) is 9.47 Å². The number of amides is 1.